The van der Waals surface area contributed by atoms with Crippen molar-refractivity contribution in [3.05, 3.63) is 0 Å². The van der Waals surface area contributed by atoms with E-state index in [1.165, 1.54) is 0 Å². The van der Waals surface area contributed by atoms with Gasteiger partial charge in [0.15, 0.2) is 0 Å². The van der Waals surface area contributed by atoms with E-state index in [1.807, 2.05) is 0 Å². The van der Waals surface area contributed by atoms with Gasteiger partial charge < -0.3 is 0 Å². The Kier molecular flexibility index (Phi) is 12.1. The molecule has 0 aromatic rings. The van der Waals surface area contributed by atoms with Gasteiger partial charge in [0, 0.05) is 8.80 Å². The number of hydrogen-bond donors (Lipinski definition) is 0. The van der Waals surface area contributed by atoms with Crippen LogP contribution in [0.15, 0.2) is 0 Å². The standard InChI is InChI=1S/C3H9Si.3CH3.Pb/c1-4(2)3;;;;/h1-3H3;3*1H3;. The summed E-state index contributed by atoms with van der Waals surface area (Å²) >= 11 is -0.657. The number of hydrogen-bond acceptors (Lipinski definition) is 0. The minimum absolute atomic E-state index is 0.120. The first-order chi connectivity index (χ1) is 3.46. The van der Waals surface area contributed by atoms with E-state index in [1.54, 1.807) is 0 Å². The molecular weight excluding hydrogens is 307 g/mol. The van der Waals surface area contributed by atoms with Gasteiger partial charge in [-0.15, -0.1) is 0 Å². The van der Waals surface area contributed by atoms with E-state index in [0.717, 1.165) is 0 Å². The fourth-order valence-corrected chi connectivity index (χ4v) is 0. The molecule has 0 heterocycles. The normalized spacial score (nSPS) is 9.00. The fourth-order valence-electron chi connectivity index (χ4n) is 0. The van der Waals surface area contributed by atoms with Crippen molar-refractivity contribution in [3.63, 3.8) is 0 Å². The van der Waals surface area contributed by atoms with Crippen LogP contribution < -0.4 is 0 Å². The summed E-state index contributed by atoms with van der Waals surface area (Å²) in [6, 6.07) is 0. The van der Waals surface area contributed by atoms with Crippen molar-refractivity contribution in [1.82, 2.24) is 0 Å². The van der Waals surface area contributed by atoms with Gasteiger partial charge >= 0.3 is 36.2 Å². The third kappa shape index (κ3) is 207. The predicted octanol–water partition coefficient (Wildman–Crippen LogP) is 2.74. The Morgan fingerprint density at radius 3 is 0.875 bits per heavy atom. The molecule has 50 valence electrons. The van der Waals surface area contributed by atoms with E-state index >= 15 is 0 Å². The van der Waals surface area contributed by atoms with Gasteiger partial charge in [-0.25, -0.2) is 0 Å². The monoisotopic (exact) mass is 326 g/mol. The summed E-state index contributed by atoms with van der Waals surface area (Å²) in [4.78, 5) is 0. The van der Waals surface area contributed by atoms with E-state index in [4.69, 9.17) is 0 Å². The van der Waals surface area contributed by atoms with Crippen LogP contribution in [-0.4, -0.2) is 31.5 Å². The summed E-state index contributed by atoms with van der Waals surface area (Å²) in [6.07, 6.45) is 0. The van der Waals surface area contributed by atoms with Gasteiger partial charge in [0.25, 0.3) is 0 Å². The van der Waals surface area contributed by atoms with Gasteiger partial charge in [0.05, 0.1) is 0 Å². The van der Waals surface area contributed by atoms with Gasteiger partial charge in [-0.1, -0.05) is 19.6 Å². The van der Waals surface area contributed by atoms with Gasteiger partial charge in [-0.2, -0.15) is 0 Å². The van der Waals surface area contributed by atoms with Gasteiger partial charge in [-0.05, 0) is 0 Å². The Bertz CT molecular complexity index is 24.0. The molecule has 0 spiro atoms. The van der Waals surface area contributed by atoms with Crippen LogP contribution in [0, 0.1) is 0 Å². The Morgan fingerprint density at radius 1 is 0.875 bits per heavy atom. The molecule has 0 amide bonds. The molecule has 0 rings (SSSR count). The van der Waals surface area contributed by atoms with Crippen molar-refractivity contribution in [2.75, 3.05) is 0 Å². The maximum atomic E-state index is 2.38. The zero-order valence-corrected chi connectivity index (χ0v) is 11.9. The third-order valence-corrected chi connectivity index (χ3v) is 0. The molecule has 2 heteroatoms. The zero-order chi connectivity index (χ0) is 7.15. The van der Waals surface area contributed by atoms with Crippen LogP contribution in [0.5, 0.6) is 0 Å². The van der Waals surface area contributed by atoms with Crippen molar-refractivity contribution in [1.29, 1.82) is 0 Å². The number of rotatable bonds is 0. The molecule has 0 N–H and O–H groups in total. The van der Waals surface area contributed by atoms with E-state index in [9.17, 15) is 0 Å². The van der Waals surface area contributed by atoms with Gasteiger partial charge in [0.2, 0.25) is 0 Å². The molecule has 8 heavy (non-hydrogen) atoms. The summed E-state index contributed by atoms with van der Waals surface area (Å²) in [6.45, 7) is 6.81. The predicted molar refractivity (Wildman–Crippen MR) is 46.7 cm³/mol. The zero-order valence-electron chi connectivity index (χ0n) is 7.00. The summed E-state index contributed by atoms with van der Waals surface area (Å²) in [7, 11) is 0.120. The van der Waals surface area contributed by atoms with E-state index < -0.39 is 22.7 Å². The second-order valence-corrected chi connectivity index (χ2v) is 17.7. The van der Waals surface area contributed by atoms with Crippen molar-refractivity contribution in [3.8, 4) is 0 Å². The molecule has 0 bridgehead atoms. The van der Waals surface area contributed by atoms with Crippen LogP contribution in [0.1, 0.15) is 0 Å². The first-order valence-corrected chi connectivity index (χ1v) is 17.7. The van der Waals surface area contributed by atoms with Crippen LogP contribution in [0.25, 0.3) is 0 Å². The molecule has 0 aliphatic heterocycles. The first-order valence-electron chi connectivity index (χ1n) is 3.00. The van der Waals surface area contributed by atoms with Crippen molar-refractivity contribution in [2.45, 2.75) is 33.1 Å². The second-order valence-electron chi connectivity index (χ2n) is 3.00. The molecule has 0 nitrogen and oxygen atoms in total. The molecule has 0 unspecified atom stereocenters. The van der Waals surface area contributed by atoms with Crippen LogP contribution >= 0.6 is 0 Å². The Balaban J connectivity index is 0. The molecule has 0 aliphatic carbocycles. The average Bonchev–Trinajstić information content (AvgIpc) is 1.25. The SMILES string of the molecule is C[Si](C)C.[CH3][Pb]([CH3])[CH3]. The summed E-state index contributed by atoms with van der Waals surface area (Å²) in [5.41, 5.74) is 0. The van der Waals surface area contributed by atoms with E-state index in [0.29, 0.717) is 0 Å². The molecule has 0 saturated carbocycles. The molecule has 0 atom stereocenters. The molecular formula is C6H18PbSi. The summed E-state index contributed by atoms with van der Waals surface area (Å²) < 4.78 is 7.14. The molecule has 0 saturated heterocycles. The Hall–Kier alpha value is 1.14. The van der Waals surface area contributed by atoms with Crippen molar-refractivity contribution in [2.24, 2.45) is 0 Å². The van der Waals surface area contributed by atoms with Gasteiger partial charge in [0.1, 0.15) is 0 Å². The van der Waals surface area contributed by atoms with Crippen LogP contribution in [0.3, 0.4) is 0 Å². The second kappa shape index (κ2) is 8.14. The average molecular weight is 325 g/mol. The maximum absolute atomic E-state index is 2.38. The van der Waals surface area contributed by atoms with E-state index in [2.05, 4.69) is 33.1 Å². The van der Waals surface area contributed by atoms with Gasteiger partial charge in [-0.3, -0.25) is 0 Å². The fraction of sp³-hybridized carbons (Fsp3) is 1.00. The molecule has 0 fully saturated rings. The third-order valence-electron chi connectivity index (χ3n) is 0. The minimum atomic E-state index is -0.657. The van der Waals surface area contributed by atoms with Crippen molar-refractivity contribution >= 4 is 31.5 Å². The van der Waals surface area contributed by atoms with E-state index in [-0.39, 0.29) is 8.80 Å². The van der Waals surface area contributed by atoms with Crippen LogP contribution in [0.4, 0.5) is 0 Å². The topological polar surface area (TPSA) is 0 Å². The quantitative estimate of drug-likeness (QED) is 0.601. The molecule has 2 radical (unpaired) electrons. The van der Waals surface area contributed by atoms with Crippen molar-refractivity contribution < 1.29 is 0 Å². The molecule has 0 aromatic heterocycles. The summed E-state index contributed by atoms with van der Waals surface area (Å²) in [5, 5.41) is 0. The molecule has 0 aliphatic rings. The first kappa shape index (κ1) is 11.9. The van der Waals surface area contributed by atoms with Crippen LogP contribution in [0.2, 0.25) is 33.1 Å². The Morgan fingerprint density at radius 2 is 0.875 bits per heavy atom. The summed E-state index contributed by atoms with van der Waals surface area (Å²) in [5.74, 6) is 0. The Labute approximate surface area is 64.4 Å². The molecule has 0 aromatic carbocycles. The van der Waals surface area contributed by atoms with Crippen LogP contribution in [-0.2, 0) is 0 Å².